The number of furan rings is 1. The molecular weight excluding hydrogens is 303 g/mol. The van der Waals surface area contributed by atoms with E-state index in [0.717, 1.165) is 11.4 Å². The molecule has 100 valence electrons. The average molecular weight is 315 g/mol. The Labute approximate surface area is 126 Å². The summed E-state index contributed by atoms with van der Waals surface area (Å²) in [6.07, 6.45) is 1.63. The maximum Gasteiger partial charge on any atom is 0.171 e. The minimum Gasteiger partial charge on any atom is -0.467 e. The molecule has 1 aromatic carbocycles. The van der Waals surface area contributed by atoms with Crippen LogP contribution in [0, 0.1) is 0 Å². The van der Waals surface area contributed by atoms with Gasteiger partial charge in [-0.15, -0.1) is 0 Å². The fraction of sp³-hybridized carbons (Fsp3) is 0.154. The second-order valence-electron chi connectivity index (χ2n) is 3.99. The maximum atomic E-state index is 5.92. The Hall–Kier alpha value is -1.23. The van der Waals surface area contributed by atoms with Crippen molar-refractivity contribution >= 4 is 46.2 Å². The molecule has 0 amide bonds. The molecule has 0 fully saturated rings. The number of anilines is 1. The van der Waals surface area contributed by atoms with Gasteiger partial charge >= 0.3 is 0 Å². The van der Waals surface area contributed by atoms with Crippen LogP contribution in [0.5, 0.6) is 0 Å². The van der Waals surface area contributed by atoms with Crippen molar-refractivity contribution in [2.24, 2.45) is 0 Å². The summed E-state index contributed by atoms with van der Waals surface area (Å²) >= 11 is 17.1. The van der Waals surface area contributed by atoms with Crippen LogP contribution in [0.2, 0.25) is 10.0 Å². The minimum absolute atomic E-state index is 0.0235. The zero-order valence-electron chi connectivity index (χ0n) is 10.1. The van der Waals surface area contributed by atoms with Crippen LogP contribution in [0.3, 0.4) is 0 Å². The lowest BCUT2D eigenvalue weighted by atomic mass is 10.2. The standard InChI is InChI=1S/C13H12Cl2N2OS/c1-8(12-3-2-4-18-12)16-13(19)17-11-6-9(14)5-10(15)7-11/h2-8H,1H3,(H2,16,17,19)/t8-/m0/s1. The molecule has 0 bridgehead atoms. The fourth-order valence-corrected chi connectivity index (χ4v) is 2.42. The average Bonchev–Trinajstić information content (AvgIpc) is 2.80. The highest BCUT2D eigenvalue weighted by molar-refractivity contribution is 7.80. The largest absolute Gasteiger partial charge is 0.467 e. The van der Waals surface area contributed by atoms with Crippen LogP contribution >= 0.6 is 35.4 Å². The first-order valence-electron chi connectivity index (χ1n) is 5.61. The van der Waals surface area contributed by atoms with Crippen LogP contribution in [-0.4, -0.2) is 5.11 Å². The van der Waals surface area contributed by atoms with Gasteiger partial charge < -0.3 is 15.1 Å². The predicted molar refractivity (Wildman–Crippen MR) is 82.9 cm³/mol. The molecular formula is C13H12Cl2N2OS. The summed E-state index contributed by atoms with van der Waals surface area (Å²) in [7, 11) is 0. The van der Waals surface area contributed by atoms with Gasteiger partial charge in [0.2, 0.25) is 0 Å². The van der Waals surface area contributed by atoms with Gasteiger partial charge in [-0.2, -0.15) is 0 Å². The summed E-state index contributed by atoms with van der Waals surface area (Å²) in [6, 6.07) is 8.86. The summed E-state index contributed by atoms with van der Waals surface area (Å²) < 4.78 is 5.29. The van der Waals surface area contributed by atoms with Crippen molar-refractivity contribution in [3.05, 3.63) is 52.4 Å². The Morgan fingerprint density at radius 2 is 1.95 bits per heavy atom. The monoisotopic (exact) mass is 314 g/mol. The number of halogens is 2. The number of rotatable bonds is 3. The number of benzene rings is 1. The van der Waals surface area contributed by atoms with E-state index in [0.29, 0.717) is 15.2 Å². The molecule has 0 spiro atoms. The van der Waals surface area contributed by atoms with Crippen molar-refractivity contribution in [2.75, 3.05) is 5.32 Å². The molecule has 1 aromatic heterocycles. The van der Waals surface area contributed by atoms with Crippen molar-refractivity contribution in [3.63, 3.8) is 0 Å². The third-order valence-electron chi connectivity index (χ3n) is 2.44. The van der Waals surface area contributed by atoms with Crippen LogP contribution < -0.4 is 10.6 Å². The molecule has 0 saturated carbocycles. The number of thiocarbonyl (C=S) groups is 1. The van der Waals surface area contributed by atoms with E-state index < -0.39 is 0 Å². The normalized spacial score (nSPS) is 11.9. The number of nitrogens with one attached hydrogen (secondary N) is 2. The van der Waals surface area contributed by atoms with E-state index in [1.807, 2.05) is 19.1 Å². The van der Waals surface area contributed by atoms with Gasteiger partial charge in [0.15, 0.2) is 5.11 Å². The second kappa shape index (κ2) is 6.28. The Morgan fingerprint density at radius 3 is 2.53 bits per heavy atom. The smallest absolute Gasteiger partial charge is 0.171 e. The molecule has 0 aliphatic heterocycles. The second-order valence-corrected chi connectivity index (χ2v) is 5.27. The summed E-state index contributed by atoms with van der Waals surface area (Å²) in [5.41, 5.74) is 0.738. The van der Waals surface area contributed by atoms with Gasteiger partial charge in [0, 0.05) is 15.7 Å². The molecule has 0 aliphatic rings. The Bertz CT molecular complexity index is 552. The third-order valence-corrected chi connectivity index (χ3v) is 3.09. The van der Waals surface area contributed by atoms with Crippen LogP contribution in [0.4, 0.5) is 5.69 Å². The van der Waals surface area contributed by atoms with Gasteiger partial charge in [0.1, 0.15) is 5.76 Å². The molecule has 2 N–H and O–H groups in total. The predicted octanol–water partition coefficient (Wildman–Crippen LogP) is 4.63. The van der Waals surface area contributed by atoms with Gasteiger partial charge in [-0.3, -0.25) is 0 Å². The lowest BCUT2D eigenvalue weighted by Gasteiger charge is -2.15. The lowest BCUT2D eigenvalue weighted by molar-refractivity contribution is 0.464. The molecule has 19 heavy (non-hydrogen) atoms. The van der Waals surface area contributed by atoms with Crippen molar-refractivity contribution in [1.29, 1.82) is 0 Å². The van der Waals surface area contributed by atoms with E-state index in [1.165, 1.54) is 0 Å². The summed E-state index contributed by atoms with van der Waals surface area (Å²) in [5.74, 6) is 0.813. The summed E-state index contributed by atoms with van der Waals surface area (Å²) in [6.45, 7) is 1.96. The third kappa shape index (κ3) is 4.13. The van der Waals surface area contributed by atoms with E-state index in [4.69, 9.17) is 39.8 Å². The van der Waals surface area contributed by atoms with Gasteiger partial charge in [0.25, 0.3) is 0 Å². The van der Waals surface area contributed by atoms with Crippen molar-refractivity contribution in [2.45, 2.75) is 13.0 Å². The molecule has 0 aliphatic carbocycles. The summed E-state index contributed by atoms with van der Waals surface area (Å²) in [5, 5.41) is 7.72. The van der Waals surface area contributed by atoms with E-state index in [9.17, 15) is 0 Å². The molecule has 2 aromatic rings. The topological polar surface area (TPSA) is 37.2 Å². The van der Waals surface area contributed by atoms with E-state index in [1.54, 1.807) is 24.5 Å². The zero-order chi connectivity index (χ0) is 13.8. The molecule has 0 saturated heterocycles. The Balaban J connectivity index is 1.97. The number of hydrogen-bond donors (Lipinski definition) is 2. The lowest BCUT2D eigenvalue weighted by Crippen LogP contribution is -2.30. The molecule has 2 rings (SSSR count). The Morgan fingerprint density at radius 1 is 1.26 bits per heavy atom. The first kappa shape index (κ1) is 14.2. The molecule has 0 radical (unpaired) electrons. The van der Waals surface area contributed by atoms with E-state index >= 15 is 0 Å². The molecule has 6 heteroatoms. The van der Waals surface area contributed by atoms with Crippen LogP contribution in [-0.2, 0) is 0 Å². The Kier molecular flexibility index (Phi) is 4.69. The van der Waals surface area contributed by atoms with Crippen molar-refractivity contribution in [3.8, 4) is 0 Å². The van der Waals surface area contributed by atoms with Gasteiger partial charge in [-0.05, 0) is 49.5 Å². The first-order chi connectivity index (χ1) is 9.04. The SMILES string of the molecule is C[C@H](NC(=S)Nc1cc(Cl)cc(Cl)c1)c1ccco1. The van der Waals surface area contributed by atoms with Gasteiger partial charge in [0.05, 0.1) is 12.3 Å². The highest BCUT2D eigenvalue weighted by Crippen LogP contribution is 2.22. The molecule has 3 nitrogen and oxygen atoms in total. The van der Waals surface area contributed by atoms with Gasteiger partial charge in [-0.25, -0.2) is 0 Å². The van der Waals surface area contributed by atoms with Crippen LogP contribution in [0.1, 0.15) is 18.7 Å². The zero-order valence-corrected chi connectivity index (χ0v) is 12.4. The highest BCUT2D eigenvalue weighted by Gasteiger charge is 2.09. The molecule has 1 heterocycles. The van der Waals surface area contributed by atoms with Gasteiger partial charge in [-0.1, -0.05) is 23.2 Å². The van der Waals surface area contributed by atoms with Crippen LogP contribution in [0.25, 0.3) is 0 Å². The fourth-order valence-electron chi connectivity index (χ4n) is 1.60. The summed E-state index contributed by atoms with van der Waals surface area (Å²) in [4.78, 5) is 0. The minimum atomic E-state index is -0.0235. The van der Waals surface area contributed by atoms with E-state index in [2.05, 4.69) is 10.6 Å². The van der Waals surface area contributed by atoms with E-state index in [-0.39, 0.29) is 6.04 Å². The molecule has 1 atom stereocenters. The quantitative estimate of drug-likeness (QED) is 0.810. The van der Waals surface area contributed by atoms with Crippen molar-refractivity contribution < 1.29 is 4.42 Å². The first-order valence-corrected chi connectivity index (χ1v) is 6.78. The molecule has 0 unspecified atom stereocenters. The number of hydrogen-bond acceptors (Lipinski definition) is 2. The maximum absolute atomic E-state index is 5.92. The van der Waals surface area contributed by atoms with Crippen LogP contribution in [0.15, 0.2) is 41.0 Å². The highest BCUT2D eigenvalue weighted by atomic mass is 35.5. The van der Waals surface area contributed by atoms with Crippen molar-refractivity contribution in [1.82, 2.24) is 5.32 Å².